The monoisotopic (exact) mass is 310 g/mol. The predicted molar refractivity (Wildman–Crippen MR) is 70.1 cm³/mol. The lowest BCUT2D eigenvalue weighted by molar-refractivity contribution is -0.00807. The minimum absolute atomic E-state index is 0.103. The molecule has 0 N–H and O–H groups in total. The summed E-state index contributed by atoms with van der Waals surface area (Å²) < 4.78 is 8.20. The summed E-state index contributed by atoms with van der Waals surface area (Å²) in [6, 6.07) is 0. The van der Waals surface area contributed by atoms with Crippen LogP contribution in [0, 0.1) is 33.5 Å². The van der Waals surface area contributed by atoms with Crippen LogP contribution in [0.1, 0.15) is 20.3 Å². The molecule has 1 heterocycles. The zero-order chi connectivity index (χ0) is 11.1. The van der Waals surface area contributed by atoms with Gasteiger partial charge in [-0.2, -0.15) is 0 Å². The van der Waals surface area contributed by atoms with Crippen molar-refractivity contribution in [2.24, 2.45) is 0 Å². The molecule has 0 fully saturated rings. The van der Waals surface area contributed by atoms with Crippen LogP contribution in [0.5, 0.6) is 0 Å². The van der Waals surface area contributed by atoms with E-state index in [1.54, 1.807) is 0 Å². The molecule has 2 heteroatoms. The van der Waals surface area contributed by atoms with Crippen LogP contribution in [-0.2, 0) is 4.74 Å². The second-order valence-corrected chi connectivity index (χ2v) is 4.24. The summed E-state index contributed by atoms with van der Waals surface area (Å²) in [5.41, 5.74) is 0.997. The third kappa shape index (κ3) is 4.93. The maximum atomic E-state index is 5.54. The van der Waals surface area contributed by atoms with Gasteiger partial charge in [0.2, 0.25) is 0 Å². The quantitative estimate of drug-likeness (QED) is 0.493. The first kappa shape index (κ1) is 12.2. The molecule has 76 valence electrons. The highest BCUT2D eigenvalue weighted by Crippen LogP contribution is 2.23. The van der Waals surface area contributed by atoms with Gasteiger partial charge in [-0.25, -0.2) is 0 Å². The Morgan fingerprint density at radius 1 is 1.27 bits per heavy atom. The van der Waals surface area contributed by atoms with E-state index in [2.05, 4.69) is 47.4 Å². The number of halogens is 1. The fourth-order valence-corrected chi connectivity index (χ4v) is 1.38. The van der Waals surface area contributed by atoms with E-state index in [9.17, 15) is 0 Å². The van der Waals surface area contributed by atoms with Crippen LogP contribution < -0.4 is 0 Å². The standard InChI is InChI=1S/C13H11IO/c1-13(2)11-12(8-10-15-13)7-5-3-4-6-9-14/h8H,10-11H2,1-2H3. The first-order chi connectivity index (χ1) is 7.14. The highest BCUT2D eigenvalue weighted by molar-refractivity contribution is 14.1. The highest BCUT2D eigenvalue weighted by Gasteiger charge is 2.22. The van der Waals surface area contributed by atoms with Gasteiger partial charge in [-0.05, 0) is 47.5 Å². The molecule has 1 aliphatic heterocycles. The van der Waals surface area contributed by atoms with E-state index < -0.39 is 0 Å². The molecule has 0 radical (unpaired) electrons. The van der Waals surface area contributed by atoms with Crippen molar-refractivity contribution in [2.75, 3.05) is 6.61 Å². The molecule has 0 bridgehead atoms. The molecule has 1 nitrogen and oxygen atoms in total. The van der Waals surface area contributed by atoms with E-state index in [1.807, 2.05) is 28.7 Å². The Bertz CT molecular complexity index is 438. The van der Waals surface area contributed by atoms with E-state index in [4.69, 9.17) is 4.74 Å². The van der Waals surface area contributed by atoms with Gasteiger partial charge in [-0.15, -0.1) is 0 Å². The maximum absolute atomic E-state index is 5.54. The molecule has 0 unspecified atom stereocenters. The predicted octanol–water partition coefficient (Wildman–Crippen LogP) is 2.51. The van der Waals surface area contributed by atoms with Crippen LogP contribution in [0.15, 0.2) is 11.6 Å². The summed E-state index contributed by atoms with van der Waals surface area (Å²) in [4.78, 5) is 0. The van der Waals surface area contributed by atoms with Crippen molar-refractivity contribution in [3.05, 3.63) is 11.6 Å². The molecular formula is C13H11IO. The van der Waals surface area contributed by atoms with Crippen LogP contribution in [0.3, 0.4) is 0 Å². The van der Waals surface area contributed by atoms with Gasteiger partial charge >= 0.3 is 0 Å². The summed E-state index contributed by atoms with van der Waals surface area (Å²) in [7, 11) is 0. The Kier molecular flexibility index (Phi) is 4.76. The Morgan fingerprint density at radius 2 is 2.00 bits per heavy atom. The molecule has 0 atom stereocenters. The molecule has 0 aromatic rings. The van der Waals surface area contributed by atoms with Gasteiger partial charge in [-0.1, -0.05) is 5.92 Å². The first-order valence-corrected chi connectivity index (χ1v) is 5.66. The summed E-state index contributed by atoms with van der Waals surface area (Å²) in [6.07, 6.45) is 2.85. The lowest BCUT2D eigenvalue weighted by Crippen LogP contribution is -2.28. The van der Waals surface area contributed by atoms with Gasteiger partial charge in [0.25, 0.3) is 0 Å². The van der Waals surface area contributed by atoms with Crippen molar-refractivity contribution in [1.82, 2.24) is 0 Å². The first-order valence-electron chi connectivity index (χ1n) is 4.59. The van der Waals surface area contributed by atoms with Crippen molar-refractivity contribution in [3.8, 4) is 33.5 Å². The third-order valence-electron chi connectivity index (χ3n) is 1.88. The van der Waals surface area contributed by atoms with Crippen LogP contribution in [0.4, 0.5) is 0 Å². The molecule has 0 aromatic heterocycles. The van der Waals surface area contributed by atoms with Crippen LogP contribution >= 0.6 is 22.6 Å². The normalized spacial score (nSPS) is 16.9. The maximum Gasteiger partial charge on any atom is 0.0677 e. The van der Waals surface area contributed by atoms with Crippen molar-refractivity contribution >= 4 is 22.6 Å². The lowest BCUT2D eigenvalue weighted by Gasteiger charge is -2.28. The zero-order valence-electron chi connectivity index (χ0n) is 8.78. The SMILES string of the molecule is CC1(C)CC(C#CC#CC#CI)=CCO1. The van der Waals surface area contributed by atoms with Crippen LogP contribution in [0.25, 0.3) is 0 Å². The second-order valence-electron chi connectivity index (χ2n) is 3.70. The number of rotatable bonds is 0. The summed E-state index contributed by atoms with van der Waals surface area (Å²) in [5.74, 6) is 13.8. The van der Waals surface area contributed by atoms with Gasteiger partial charge in [0.15, 0.2) is 0 Å². The van der Waals surface area contributed by atoms with Gasteiger partial charge in [-0.3, -0.25) is 0 Å². The molecule has 15 heavy (non-hydrogen) atoms. The van der Waals surface area contributed by atoms with E-state index in [-0.39, 0.29) is 5.60 Å². The minimum atomic E-state index is -0.103. The highest BCUT2D eigenvalue weighted by atomic mass is 127. The molecule has 0 saturated heterocycles. The van der Waals surface area contributed by atoms with Crippen LogP contribution in [-0.4, -0.2) is 12.2 Å². The summed E-state index contributed by atoms with van der Waals surface area (Å²) in [6.45, 7) is 4.77. The lowest BCUT2D eigenvalue weighted by atomic mass is 9.96. The molecule has 0 aromatic carbocycles. The molecule has 0 aliphatic carbocycles. The number of hydrogen-bond donors (Lipinski definition) is 0. The number of ether oxygens (including phenoxy) is 1. The molecule has 1 aliphatic rings. The molecule has 0 spiro atoms. The number of hydrogen-bond acceptors (Lipinski definition) is 1. The van der Waals surface area contributed by atoms with Gasteiger partial charge < -0.3 is 4.74 Å². The Balaban J connectivity index is 2.63. The van der Waals surface area contributed by atoms with E-state index >= 15 is 0 Å². The van der Waals surface area contributed by atoms with E-state index in [0.717, 1.165) is 12.0 Å². The molecule has 0 saturated carbocycles. The molecule has 0 amide bonds. The Morgan fingerprint density at radius 3 is 2.67 bits per heavy atom. The molecular weight excluding hydrogens is 299 g/mol. The summed E-state index contributed by atoms with van der Waals surface area (Å²) in [5, 5.41) is 0. The van der Waals surface area contributed by atoms with E-state index in [1.165, 1.54) is 0 Å². The Hall–Kier alpha value is -0.890. The van der Waals surface area contributed by atoms with Crippen LogP contribution in [0.2, 0.25) is 0 Å². The fraction of sp³-hybridized carbons (Fsp3) is 0.385. The van der Waals surface area contributed by atoms with Crippen molar-refractivity contribution in [2.45, 2.75) is 25.9 Å². The van der Waals surface area contributed by atoms with Gasteiger partial charge in [0.05, 0.1) is 12.2 Å². The van der Waals surface area contributed by atoms with Crippen molar-refractivity contribution in [3.63, 3.8) is 0 Å². The average Bonchev–Trinajstić information content (AvgIpc) is 2.16. The minimum Gasteiger partial charge on any atom is -0.371 e. The van der Waals surface area contributed by atoms with Gasteiger partial charge in [0, 0.05) is 34.6 Å². The third-order valence-corrected chi connectivity index (χ3v) is 2.15. The summed E-state index contributed by atoms with van der Waals surface area (Å²) >= 11 is 1.95. The molecule has 1 rings (SSSR count). The second kappa shape index (κ2) is 5.86. The Labute approximate surface area is 105 Å². The van der Waals surface area contributed by atoms with E-state index in [0.29, 0.717) is 6.61 Å². The largest absolute Gasteiger partial charge is 0.371 e. The average molecular weight is 310 g/mol. The van der Waals surface area contributed by atoms with Crippen molar-refractivity contribution < 1.29 is 4.74 Å². The zero-order valence-corrected chi connectivity index (χ0v) is 10.9. The van der Waals surface area contributed by atoms with Crippen molar-refractivity contribution in [1.29, 1.82) is 0 Å². The topological polar surface area (TPSA) is 9.23 Å². The fourth-order valence-electron chi connectivity index (χ4n) is 1.24. The smallest absolute Gasteiger partial charge is 0.0677 e. The van der Waals surface area contributed by atoms with Gasteiger partial charge in [0.1, 0.15) is 0 Å².